The molecule has 1 amide bonds. The van der Waals surface area contributed by atoms with Gasteiger partial charge in [0.15, 0.2) is 5.76 Å². The van der Waals surface area contributed by atoms with Crippen molar-refractivity contribution in [3.05, 3.63) is 95.2 Å². The van der Waals surface area contributed by atoms with Crippen LogP contribution in [0.1, 0.15) is 22.7 Å². The van der Waals surface area contributed by atoms with Crippen molar-refractivity contribution in [2.75, 3.05) is 21.3 Å². The number of aliphatic hydroxyl groups is 1. The van der Waals surface area contributed by atoms with Gasteiger partial charge in [0, 0.05) is 17.2 Å². The fraction of sp³-hybridized carbons (Fsp3) is 0.192. The highest BCUT2D eigenvalue weighted by molar-refractivity contribution is 6.05. The minimum atomic E-state index is -0.455. The molecule has 164 valence electrons. The van der Waals surface area contributed by atoms with Crippen molar-refractivity contribution in [3.8, 4) is 17.2 Å². The molecule has 1 aliphatic heterocycles. The number of benzene rings is 3. The van der Waals surface area contributed by atoms with Crippen molar-refractivity contribution in [2.24, 2.45) is 0 Å². The molecule has 0 aliphatic carbocycles. The summed E-state index contributed by atoms with van der Waals surface area (Å²) in [5.74, 6) is 1.30. The second-order valence-electron chi connectivity index (χ2n) is 7.41. The van der Waals surface area contributed by atoms with E-state index in [9.17, 15) is 9.90 Å². The molecule has 0 bridgehead atoms. The van der Waals surface area contributed by atoms with Gasteiger partial charge in [-0.3, -0.25) is 4.79 Å². The van der Waals surface area contributed by atoms with Gasteiger partial charge in [0.1, 0.15) is 17.2 Å². The Balaban J connectivity index is 1.78. The summed E-state index contributed by atoms with van der Waals surface area (Å²) in [6, 6.07) is 22.0. The molecule has 0 spiro atoms. The van der Waals surface area contributed by atoms with Gasteiger partial charge in [0.2, 0.25) is 0 Å². The monoisotopic (exact) mass is 431 g/mol. The molecule has 0 saturated heterocycles. The Morgan fingerprint density at radius 3 is 2.12 bits per heavy atom. The fourth-order valence-corrected chi connectivity index (χ4v) is 4.03. The summed E-state index contributed by atoms with van der Waals surface area (Å²) >= 11 is 0. The van der Waals surface area contributed by atoms with Gasteiger partial charge < -0.3 is 24.2 Å². The lowest BCUT2D eigenvalue weighted by atomic mass is 9.93. The van der Waals surface area contributed by atoms with E-state index in [0.29, 0.717) is 22.8 Å². The Hall–Kier alpha value is -3.93. The van der Waals surface area contributed by atoms with E-state index < -0.39 is 11.9 Å². The molecule has 0 fully saturated rings. The Bertz CT molecular complexity index is 1140. The lowest BCUT2D eigenvalue weighted by Gasteiger charge is -2.28. The van der Waals surface area contributed by atoms with Crippen molar-refractivity contribution >= 4 is 11.5 Å². The van der Waals surface area contributed by atoms with Crippen LogP contribution in [0.5, 0.6) is 17.2 Å². The molecule has 6 nitrogen and oxygen atoms in total. The smallest absolute Gasteiger partial charge is 0.290 e. The van der Waals surface area contributed by atoms with Gasteiger partial charge in [0.25, 0.3) is 5.91 Å². The maximum atomic E-state index is 13.3. The second kappa shape index (κ2) is 9.06. The Morgan fingerprint density at radius 2 is 1.50 bits per heavy atom. The van der Waals surface area contributed by atoms with Crippen molar-refractivity contribution < 1.29 is 24.1 Å². The molecule has 1 heterocycles. The molecule has 3 aromatic rings. The molecule has 4 rings (SSSR count). The molecule has 1 N–H and O–H groups in total. The van der Waals surface area contributed by atoms with Crippen molar-refractivity contribution in [2.45, 2.75) is 12.6 Å². The lowest BCUT2D eigenvalue weighted by Crippen LogP contribution is -2.30. The molecule has 32 heavy (non-hydrogen) atoms. The van der Waals surface area contributed by atoms with Crippen LogP contribution in [0.4, 0.5) is 0 Å². The van der Waals surface area contributed by atoms with Crippen LogP contribution in [-0.2, 0) is 11.3 Å². The predicted octanol–water partition coefficient (Wildman–Crippen LogP) is 4.77. The molecule has 3 aromatic carbocycles. The van der Waals surface area contributed by atoms with Gasteiger partial charge in [-0.1, -0.05) is 42.5 Å². The topological polar surface area (TPSA) is 68.2 Å². The van der Waals surface area contributed by atoms with Crippen molar-refractivity contribution in [1.82, 2.24) is 4.90 Å². The summed E-state index contributed by atoms with van der Waals surface area (Å²) in [4.78, 5) is 14.9. The van der Waals surface area contributed by atoms with E-state index in [1.54, 1.807) is 32.3 Å². The normalized spacial score (nSPS) is 15.8. The van der Waals surface area contributed by atoms with E-state index in [0.717, 1.165) is 16.7 Å². The number of hydrogen-bond donors (Lipinski definition) is 1. The minimum absolute atomic E-state index is 0.253. The Morgan fingerprint density at radius 1 is 0.844 bits per heavy atom. The quantitative estimate of drug-likeness (QED) is 0.584. The van der Waals surface area contributed by atoms with E-state index in [2.05, 4.69) is 0 Å². The molecular formula is C26H25NO5. The maximum Gasteiger partial charge on any atom is 0.290 e. The van der Waals surface area contributed by atoms with E-state index >= 15 is 0 Å². The third kappa shape index (κ3) is 3.87. The average Bonchev–Trinajstić information content (AvgIpc) is 3.09. The number of methoxy groups -OCH3 is 3. The van der Waals surface area contributed by atoms with E-state index in [1.165, 1.54) is 0 Å². The van der Waals surface area contributed by atoms with E-state index in [4.69, 9.17) is 14.2 Å². The molecule has 6 heteroatoms. The second-order valence-corrected chi connectivity index (χ2v) is 7.41. The number of ether oxygens (including phenoxy) is 3. The first kappa shape index (κ1) is 21.3. The maximum absolute atomic E-state index is 13.3. The first-order valence-electron chi connectivity index (χ1n) is 10.2. The molecule has 0 aromatic heterocycles. The summed E-state index contributed by atoms with van der Waals surface area (Å²) in [6.07, 6.45) is 0. The zero-order chi connectivity index (χ0) is 22.7. The van der Waals surface area contributed by atoms with Gasteiger partial charge in [-0.15, -0.1) is 0 Å². The van der Waals surface area contributed by atoms with Gasteiger partial charge in [-0.25, -0.2) is 0 Å². The molecule has 0 radical (unpaired) electrons. The van der Waals surface area contributed by atoms with Crippen LogP contribution in [0.15, 0.2) is 78.6 Å². The number of carbonyl (C=O) groups excluding carboxylic acids is 1. The standard InChI is InChI=1S/C26H25NO5/c1-30-20-12-9-17(10-13-20)23-24(18-7-5-4-6-8-18)27(26(29)25(23)28)16-19-11-14-21(31-2)15-22(19)32-3/h4-15,24,28H,16H2,1-3H3. The number of carbonyl (C=O) groups is 1. The number of nitrogens with zero attached hydrogens (tertiary/aromatic N) is 1. The summed E-state index contributed by atoms with van der Waals surface area (Å²) in [5, 5.41) is 10.9. The van der Waals surface area contributed by atoms with Gasteiger partial charge in [0.05, 0.1) is 33.9 Å². The first-order chi connectivity index (χ1) is 15.6. The SMILES string of the molecule is COc1ccc(C2=C(O)C(=O)N(Cc3ccc(OC)cc3OC)C2c2ccccc2)cc1. The average molecular weight is 431 g/mol. The molecule has 1 atom stereocenters. The Kier molecular flexibility index (Phi) is 6.03. The van der Waals surface area contributed by atoms with Crippen molar-refractivity contribution in [1.29, 1.82) is 0 Å². The van der Waals surface area contributed by atoms with Crippen LogP contribution in [0, 0.1) is 0 Å². The zero-order valence-corrected chi connectivity index (χ0v) is 18.2. The van der Waals surface area contributed by atoms with E-state index in [1.807, 2.05) is 66.7 Å². The van der Waals surface area contributed by atoms with Crippen LogP contribution in [0.2, 0.25) is 0 Å². The number of rotatable bonds is 7. The lowest BCUT2D eigenvalue weighted by molar-refractivity contribution is -0.130. The Labute approximate surface area is 187 Å². The zero-order valence-electron chi connectivity index (χ0n) is 18.2. The molecule has 0 saturated carbocycles. The summed E-state index contributed by atoms with van der Waals surface area (Å²) in [7, 11) is 4.77. The van der Waals surface area contributed by atoms with Gasteiger partial charge in [-0.05, 0) is 35.4 Å². The van der Waals surface area contributed by atoms with Gasteiger partial charge in [-0.2, -0.15) is 0 Å². The van der Waals surface area contributed by atoms with Crippen LogP contribution in [-0.4, -0.2) is 37.2 Å². The highest BCUT2D eigenvalue weighted by atomic mass is 16.5. The van der Waals surface area contributed by atoms with Crippen LogP contribution in [0.25, 0.3) is 5.57 Å². The van der Waals surface area contributed by atoms with Crippen LogP contribution in [0.3, 0.4) is 0 Å². The fourth-order valence-electron chi connectivity index (χ4n) is 4.03. The highest BCUT2D eigenvalue weighted by Crippen LogP contribution is 2.44. The molecular weight excluding hydrogens is 406 g/mol. The third-order valence-electron chi connectivity index (χ3n) is 5.65. The first-order valence-corrected chi connectivity index (χ1v) is 10.2. The van der Waals surface area contributed by atoms with Gasteiger partial charge >= 0.3 is 0 Å². The largest absolute Gasteiger partial charge is 0.503 e. The highest BCUT2D eigenvalue weighted by Gasteiger charge is 2.41. The van der Waals surface area contributed by atoms with Crippen molar-refractivity contribution in [3.63, 3.8) is 0 Å². The summed E-state index contributed by atoms with van der Waals surface area (Å²) in [5.41, 5.74) is 3.04. The predicted molar refractivity (Wildman–Crippen MR) is 122 cm³/mol. The number of amides is 1. The minimum Gasteiger partial charge on any atom is -0.503 e. The number of hydrogen-bond acceptors (Lipinski definition) is 5. The molecule has 1 unspecified atom stereocenters. The number of aliphatic hydroxyl groups excluding tert-OH is 1. The van der Waals surface area contributed by atoms with Crippen LogP contribution < -0.4 is 14.2 Å². The summed E-state index contributed by atoms with van der Waals surface area (Å²) in [6.45, 7) is 0.259. The summed E-state index contributed by atoms with van der Waals surface area (Å²) < 4.78 is 16.1. The third-order valence-corrected chi connectivity index (χ3v) is 5.65. The van der Waals surface area contributed by atoms with E-state index in [-0.39, 0.29) is 12.3 Å². The van der Waals surface area contributed by atoms with Crippen LogP contribution >= 0.6 is 0 Å². The molecule has 1 aliphatic rings.